The van der Waals surface area contributed by atoms with Gasteiger partial charge in [-0.15, -0.1) is 0 Å². The van der Waals surface area contributed by atoms with Crippen molar-refractivity contribution in [2.24, 2.45) is 0 Å². The topological polar surface area (TPSA) is 12.0 Å². The highest BCUT2D eigenvalue weighted by Crippen LogP contribution is 2.26. The van der Waals surface area contributed by atoms with E-state index in [1.165, 1.54) is 0 Å². The number of hydrogen-bond donors (Lipinski definition) is 1. The van der Waals surface area contributed by atoms with Gasteiger partial charge in [-0.1, -0.05) is 6.07 Å². The van der Waals surface area contributed by atoms with Crippen LogP contribution in [-0.2, 0) is 0 Å². The maximum atomic E-state index is 13.5. The summed E-state index contributed by atoms with van der Waals surface area (Å²) in [5.74, 6) is -0.0775. The smallest absolute Gasteiger partial charge is 0.129 e. The second kappa shape index (κ2) is 3.92. The third-order valence-electron chi connectivity index (χ3n) is 2.40. The minimum Gasteiger partial charge on any atom is -0.310 e. The molecule has 1 unspecified atom stereocenters. The van der Waals surface area contributed by atoms with E-state index in [9.17, 15) is 4.39 Å². The second-order valence-corrected chi connectivity index (χ2v) is 4.56. The third kappa shape index (κ3) is 2.02. The average molecular weight is 291 g/mol. The van der Waals surface area contributed by atoms with Gasteiger partial charge in [0.15, 0.2) is 0 Å². The molecule has 0 saturated carbocycles. The molecule has 0 aromatic heterocycles. The van der Waals surface area contributed by atoms with Gasteiger partial charge in [-0.3, -0.25) is 0 Å². The maximum Gasteiger partial charge on any atom is 0.129 e. The first-order chi connectivity index (χ1) is 6.27. The van der Waals surface area contributed by atoms with Crippen LogP contribution in [0.3, 0.4) is 0 Å². The Morgan fingerprint density at radius 3 is 2.92 bits per heavy atom. The van der Waals surface area contributed by atoms with Crippen molar-refractivity contribution in [3.05, 3.63) is 33.1 Å². The van der Waals surface area contributed by atoms with E-state index in [0.717, 1.165) is 28.5 Å². The summed E-state index contributed by atoms with van der Waals surface area (Å²) < 4.78 is 14.4. The fourth-order valence-corrected chi connectivity index (χ4v) is 2.19. The van der Waals surface area contributed by atoms with Crippen molar-refractivity contribution in [2.75, 3.05) is 6.54 Å². The predicted molar refractivity (Wildman–Crippen MR) is 59.1 cm³/mol. The fraction of sp³-hybridized carbons (Fsp3) is 0.400. The van der Waals surface area contributed by atoms with E-state index in [0.29, 0.717) is 0 Å². The van der Waals surface area contributed by atoms with E-state index in [4.69, 9.17) is 0 Å². The Balaban J connectivity index is 2.29. The Hall–Kier alpha value is -0.160. The normalized spacial score (nSPS) is 22.2. The van der Waals surface area contributed by atoms with Crippen molar-refractivity contribution in [1.82, 2.24) is 5.32 Å². The number of rotatable bonds is 1. The van der Waals surface area contributed by atoms with Crippen LogP contribution in [0.15, 0.2) is 18.2 Å². The van der Waals surface area contributed by atoms with Crippen LogP contribution in [0.1, 0.15) is 24.4 Å². The van der Waals surface area contributed by atoms with Crippen molar-refractivity contribution in [1.29, 1.82) is 0 Å². The molecule has 70 valence electrons. The van der Waals surface area contributed by atoms with Gasteiger partial charge in [0.2, 0.25) is 0 Å². The zero-order valence-electron chi connectivity index (χ0n) is 7.19. The van der Waals surface area contributed by atoms with Crippen LogP contribution < -0.4 is 5.32 Å². The van der Waals surface area contributed by atoms with Gasteiger partial charge in [-0.25, -0.2) is 4.39 Å². The monoisotopic (exact) mass is 291 g/mol. The van der Waals surface area contributed by atoms with Crippen LogP contribution in [0.5, 0.6) is 0 Å². The van der Waals surface area contributed by atoms with E-state index < -0.39 is 0 Å². The molecule has 0 amide bonds. The van der Waals surface area contributed by atoms with E-state index in [2.05, 4.69) is 27.9 Å². The summed E-state index contributed by atoms with van der Waals surface area (Å²) in [7, 11) is 0. The summed E-state index contributed by atoms with van der Waals surface area (Å²) in [4.78, 5) is 0. The molecule has 0 spiro atoms. The molecular formula is C10H11FIN. The van der Waals surface area contributed by atoms with Crippen LogP contribution in [0.2, 0.25) is 0 Å². The summed E-state index contributed by atoms with van der Waals surface area (Å²) in [6.45, 7) is 1.01. The van der Waals surface area contributed by atoms with E-state index >= 15 is 0 Å². The van der Waals surface area contributed by atoms with Crippen LogP contribution in [0.4, 0.5) is 4.39 Å². The summed E-state index contributed by atoms with van der Waals surface area (Å²) in [6.07, 6.45) is 2.20. The molecule has 1 saturated heterocycles. The molecule has 1 nitrogen and oxygen atoms in total. The molecule has 3 heteroatoms. The van der Waals surface area contributed by atoms with Gasteiger partial charge in [-0.05, 0) is 54.1 Å². The van der Waals surface area contributed by atoms with Crippen LogP contribution in [-0.4, -0.2) is 6.54 Å². The minimum atomic E-state index is -0.0775. The van der Waals surface area contributed by atoms with Crippen molar-refractivity contribution in [2.45, 2.75) is 18.9 Å². The zero-order chi connectivity index (χ0) is 9.26. The lowest BCUT2D eigenvalue weighted by atomic mass is 10.1. The highest BCUT2D eigenvalue weighted by molar-refractivity contribution is 14.1. The first-order valence-electron chi connectivity index (χ1n) is 4.46. The lowest BCUT2D eigenvalue weighted by Crippen LogP contribution is -2.14. The van der Waals surface area contributed by atoms with Crippen molar-refractivity contribution >= 4 is 22.6 Å². The molecule has 1 aromatic carbocycles. The molecule has 1 atom stereocenters. The SMILES string of the molecule is Fc1cc(I)ccc1C1CCCN1. The Bertz CT molecular complexity index is 308. The molecule has 1 aromatic rings. The molecule has 1 N–H and O–H groups in total. The fourth-order valence-electron chi connectivity index (χ4n) is 1.73. The number of halogens is 2. The Kier molecular flexibility index (Phi) is 2.83. The first-order valence-corrected chi connectivity index (χ1v) is 5.53. The summed E-state index contributed by atoms with van der Waals surface area (Å²) >= 11 is 2.12. The molecule has 0 radical (unpaired) electrons. The van der Waals surface area contributed by atoms with E-state index in [1.54, 1.807) is 6.07 Å². The Morgan fingerprint density at radius 1 is 1.46 bits per heavy atom. The van der Waals surface area contributed by atoms with Gasteiger partial charge < -0.3 is 5.32 Å². The summed E-state index contributed by atoms with van der Waals surface area (Å²) in [5, 5.41) is 3.29. The van der Waals surface area contributed by atoms with Gasteiger partial charge in [-0.2, -0.15) is 0 Å². The van der Waals surface area contributed by atoms with Gasteiger partial charge in [0, 0.05) is 15.2 Å². The maximum absolute atomic E-state index is 13.5. The highest BCUT2D eigenvalue weighted by atomic mass is 127. The molecular weight excluding hydrogens is 280 g/mol. The zero-order valence-corrected chi connectivity index (χ0v) is 9.34. The molecule has 1 heterocycles. The van der Waals surface area contributed by atoms with Crippen molar-refractivity contribution in [3.8, 4) is 0 Å². The molecule has 0 aliphatic carbocycles. The number of hydrogen-bond acceptors (Lipinski definition) is 1. The van der Waals surface area contributed by atoms with E-state index in [-0.39, 0.29) is 11.9 Å². The quantitative estimate of drug-likeness (QED) is 0.785. The number of benzene rings is 1. The van der Waals surface area contributed by atoms with Crippen LogP contribution in [0, 0.1) is 9.39 Å². The minimum absolute atomic E-state index is 0.0775. The largest absolute Gasteiger partial charge is 0.310 e. The average Bonchev–Trinajstić information content (AvgIpc) is 2.56. The van der Waals surface area contributed by atoms with Gasteiger partial charge >= 0.3 is 0 Å². The van der Waals surface area contributed by atoms with Crippen molar-refractivity contribution in [3.63, 3.8) is 0 Å². The predicted octanol–water partition coefficient (Wildman–Crippen LogP) is 2.85. The lowest BCUT2D eigenvalue weighted by Gasteiger charge is -2.11. The van der Waals surface area contributed by atoms with Crippen molar-refractivity contribution < 1.29 is 4.39 Å². The number of nitrogens with one attached hydrogen (secondary N) is 1. The summed E-state index contributed by atoms with van der Waals surface area (Å²) in [6, 6.07) is 5.67. The molecule has 1 fully saturated rings. The van der Waals surface area contributed by atoms with Crippen LogP contribution in [0.25, 0.3) is 0 Å². The molecule has 0 bridgehead atoms. The first kappa shape index (κ1) is 9.40. The van der Waals surface area contributed by atoms with Crippen LogP contribution >= 0.6 is 22.6 Å². The van der Waals surface area contributed by atoms with Gasteiger partial charge in [0.25, 0.3) is 0 Å². The lowest BCUT2D eigenvalue weighted by molar-refractivity contribution is 0.558. The Morgan fingerprint density at radius 2 is 2.31 bits per heavy atom. The summed E-state index contributed by atoms with van der Waals surface area (Å²) in [5.41, 5.74) is 0.818. The van der Waals surface area contributed by atoms with Gasteiger partial charge in [0.05, 0.1) is 0 Å². The molecule has 13 heavy (non-hydrogen) atoms. The van der Waals surface area contributed by atoms with E-state index in [1.807, 2.05) is 12.1 Å². The highest BCUT2D eigenvalue weighted by Gasteiger charge is 2.19. The Labute approximate surface area is 90.9 Å². The second-order valence-electron chi connectivity index (χ2n) is 3.31. The molecule has 1 aliphatic rings. The van der Waals surface area contributed by atoms with Gasteiger partial charge in [0.1, 0.15) is 5.82 Å². The molecule has 2 rings (SSSR count). The standard InChI is InChI=1S/C10H11FIN/c11-9-6-7(12)3-4-8(9)10-2-1-5-13-10/h3-4,6,10,13H,1-2,5H2. The third-order valence-corrected chi connectivity index (χ3v) is 3.07. The molecule has 1 aliphatic heterocycles.